The van der Waals surface area contributed by atoms with Crippen molar-refractivity contribution in [2.75, 3.05) is 28.4 Å². The Labute approximate surface area is 198 Å². The van der Waals surface area contributed by atoms with Gasteiger partial charge < -0.3 is 28.6 Å². The van der Waals surface area contributed by atoms with Gasteiger partial charge in [0.25, 0.3) is 0 Å². The Bertz CT molecular complexity index is 1350. The van der Waals surface area contributed by atoms with Crippen molar-refractivity contribution in [1.29, 1.82) is 0 Å². The van der Waals surface area contributed by atoms with Crippen molar-refractivity contribution in [2.45, 2.75) is 13.0 Å². The van der Waals surface area contributed by atoms with Gasteiger partial charge in [-0.05, 0) is 59.5 Å². The van der Waals surface area contributed by atoms with Gasteiger partial charge in [-0.2, -0.15) is 0 Å². The van der Waals surface area contributed by atoms with Crippen LogP contribution < -0.4 is 18.9 Å². The van der Waals surface area contributed by atoms with Crippen molar-refractivity contribution in [3.05, 3.63) is 66.4 Å². The van der Waals surface area contributed by atoms with Gasteiger partial charge in [0.15, 0.2) is 23.0 Å². The van der Waals surface area contributed by atoms with Crippen LogP contribution in [0.25, 0.3) is 33.5 Å². The van der Waals surface area contributed by atoms with Crippen molar-refractivity contribution in [1.82, 2.24) is 4.57 Å². The number of methoxy groups -OCH3 is 4. The van der Waals surface area contributed by atoms with Crippen molar-refractivity contribution in [2.24, 2.45) is 0 Å². The van der Waals surface area contributed by atoms with Crippen LogP contribution in [0.1, 0.15) is 5.56 Å². The van der Waals surface area contributed by atoms with E-state index in [2.05, 4.69) is 35.0 Å². The summed E-state index contributed by atoms with van der Waals surface area (Å²) < 4.78 is 24.1. The summed E-state index contributed by atoms with van der Waals surface area (Å²) in [7, 11) is 6.53. The van der Waals surface area contributed by atoms with Gasteiger partial charge >= 0.3 is 0 Å². The molecular weight excluding hydrogens is 430 g/mol. The molecule has 1 N–H and O–H groups in total. The van der Waals surface area contributed by atoms with E-state index in [9.17, 15) is 5.11 Å². The summed E-state index contributed by atoms with van der Waals surface area (Å²) in [5.74, 6) is 2.78. The number of aromatic hydroxyl groups is 1. The molecule has 0 saturated carbocycles. The summed E-state index contributed by atoms with van der Waals surface area (Å²) in [4.78, 5) is 0. The SMILES string of the molecule is COc1ccc(-c2c(-c3ccc(OC)c(O)c3)cn3c2-c2cc(OC)c(OC)cc2CC3)cc1. The number of nitrogens with zero attached hydrogens (tertiary/aromatic N) is 1. The number of aromatic nitrogens is 1. The third-order valence-electron chi connectivity index (χ3n) is 6.43. The Morgan fingerprint density at radius 3 is 2.03 bits per heavy atom. The molecule has 6 heteroatoms. The van der Waals surface area contributed by atoms with E-state index in [1.807, 2.05) is 18.2 Å². The zero-order chi connectivity index (χ0) is 23.8. The van der Waals surface area contributed by atoms with Crippen molar-refractivity contribution in [3.8, 4) is 62.3 Å². The quantitative estimate of drug-likeness (QED) is 0.397. The molecule has 34 heavy (non-hydrogen) atoms. The highest BCUT2D eigenvalue weighted by Gasteiger charge is 2.27. The van der Waals surface area contributed by atoms with Crippen LogP contribution in [0.4, 0.5) is 0 Å². The highest BCUT2D eigenvalue weighted by molar-refractivity contribution is 5.96. The molecule has 0 spiro atoms. The molecular formula is C28H27NO5. The van der Waals surface area contributed by atoms with Crippen LogP contribution in [0.15, 0.2) is 60.8 Å². The molecule has 0 fully saturated rings. The molecule has 0 unspecified atom stereocenters. The Morgan fingerprint density at radius 2 is 1.38 bits per heavy atom. The largest absolute Gasteiger partial charge is 0.504 e. The summed E-state index contributed by atoms with van der Waals surface area (Å²) >= 11 is 0. The van der Waals surface area contributed by atoms with E-state index in [0.29, 0.717) is 11.5 Å². The van der Waals surface area contributed by atoms with E-state index in [1.165, 1.54) is 5.56 Å². The maximum Gasteiger partial charge on any atom is 0.161 e. The first-order valence-electron chi connectivity index (χ1n) is 11.1. The highest BCUT2D eigenvalue weighted by atomic mass is 16.5. The van der Waals surface area contributed by atoms with E-state index in [4.69, 9.17) is 18.9 Å². The number of hydrogen-bond donors (Lipinski definition) is 1. The lowest BCUT2D eigenvalue weighted by molar-refractivity contribution is 0.354. The van der Waals surface area contributed by atoms with Gasteiger partial charge in [-0.3, -0.25) is 0 Å². The first-order valence-corrected chi connectivity index (χ1v) is 11.1. The minimum absolute atomic E-state index is 0.108. The number of ether oxygens (including phenoxy) is 4. The van der Waals surface area contributed by atoms with Gasteiger partial charge in [-0.25, -0.2) is 0 Å². The van der Waals surface area contributed by atoms with E-state index < -0.39 is 0 Å². The van der Waals surface area contributed by atoms with Crippen LogP contribution in [0, 0.1) is 0 Å². The van der Waals surface area contributed by atoms with Crippen LogP contribution in [0.2, 0.25) is 0 Å². The molecule has 0 saturated heterocycles. The molecule has 1 aromatic heterocycles. The average molecular weight is 458 g/mol. The second kappa shape index (κ2) is 8.71. The molecule has 4 aromatic rings. The highest BCUT2D eigenvalue weighted by Crippen LogP contribution is 2.48. The molecule has 2 heterocycles. The van der Waals surface area contributed by atoms with E-state index in [-0.39, 0.29) is 5.75 Å². The molecule has 3 aromatic carbocycles. The number of phenolic OH excluding ortho intramolecular Hbond substituents is 1. The molecule has 1 aliphatic heterocycles. The number of phenols is 1. The van der Waals surface area contributed by atoms with Crippen LogP contribution in [0.3, 0.4) is 0 Å². The fraction of sp³-hybridized carbons (Fsp3) is 0.214. The van der Waals surface area contributed by atoms with Crippen LogP contribution in [-0.2, 0) is 13.0 Å². The molecule has 5 rings (SSSR count). The van der Waals surface area contributed by atoms with Crippen LogP contribution >= 0.6 is 0 Å². The molecule has 0 amide bonds. The lowest BCUT2D eigenvalue weighted by Gasteiger charge is -2.23. The second-order valence-electron chi connectivity index (χ2n) is 8.19. The fourth-order valence-corrected chi connectivity index (χ4v) is 4.74. The molecule has 0 aliphatic carbocycles. The molecule has 6 nitrogen and oxygen atoms in total. The Balaban J connectivity index is 1.79. The summed E-state index contributed by atoms with van der Waals surface area (Å²) in [5.41, 5.74) is 7.51. The van der Waals surface area contributed by atoms with E-state index in [1.54, 1.807) is 40.6 Å². The molecule has 1 aliphatic rings. The van der Waals surface area contributed by atoms with Crippen molar-refractivity contribution in [3.63, 3.8) is 0 Å². The van der Waals surface area contributed by atoms with Crippen molar-refractivity contribution < 1.29 is 24.1 Å². The summed E-state index contributed by atoms with van der Waals surface area (Å²) in [6.45, 7) is 0.836. The standard InChI is InChI=1S/C28H27NO5/c1-31-20-8-5-17(6-9-20)27-22(18-7-10-24(32-2)23(30)13-18)16-29-12-11-19-14-25(33-3)26(34-4)15-21(19)28(27)29/h5-10,13-16,30H,11-12H2,1-4H3. The maximum atomic E-state index is 10.5. The number of aryl methyl sites for hydroxylation is 2. The van der Waals surface area contributed by atoms with E-state index in [0.717, 1.165) is 58.0 Å². The molecule has 0 atom stereocenters. The zero-order valence-electron chi connectivity index (χ0n) is 19.7. The lowest BCUT2D eigenvalue weighted by atomic mass is 9.90. The monoisotopic (exact) mass is 457 g/mol. The first-order chi connectivity index (χ1) is 16.6. The third kappa shape index (κ3) is 3.52. The summed E-state index contributed by atoms with van der Waals surface area (Å²) in [6, 6.07) is 17.7. The third-order valence-corrected chi connectivity index (χ3v) is 6.43. The predicted molar refractivity (Wildman–Crippen MR) is 132 cm³/mol. The maximum absolute atomic E-state index is 10.5. The Kier molecular flexibility index (Phi) is 5.57. The normalized spacial score (nSPS) is 12.0. The smallest absolute Gasteiger partial charge is 0.161 e. The van der Waals surface area contributed by atoms with Gasteiger partial charge in [-0.1, -0.05) is 18.2 Å². The van der Waals surface area contributed by atoms with Gasteiger partial charge in [0.05, 0.1) is 34.1 Å². The Hall–Kier alpha value is -4.06. The summed E-state index contributed by atoms with van der Waals surface area (Å²) in [6.07, 6.45) is 3.04. The van der Waals surface area contributed by atoms with Crippen LogP contribution in [0.5, 0.6) is 28.7 Å². The lowest BCUT2D eigenvalue weighted by Crippen LogP contribution is -2.10. The predicted octanol–water partition coefficient (Wildman–Crippen LogP) is 5.79. The van der Waals surface area contributed by atoms with E-state index >= 15 is 0 Å². The number of benzene rings is 3. The number of hydrogen-bond acceptors (Lipinski definition) is 5. The van der Waals surface area contributed by atoms with Gasteiger partial charge in [-0.15, -0.1) is 0 Å². The Morgan fingerprint density at radius 1 is 0.706 bits per heavy atom. The fourth-order valence-electron chi connectivity index (χ4n) is 4.74. The molecule has 174 valence electrons. The minimum atomic E-state index is 0.108. The second-order valence-corrected chi connectivity index (χ2v) is 8.19. The molecule has 0 radical (unpaired) electrons. The number of rotatable bonds is 6. The topological polar surface area (TPSA) is 62.1 Å². The summed E-state index contributed by atoms with van der Waals surface area (Å²) in [5, 5.41) is 10.5. The minimum Gasteiger partial charge on any atom is -0.504 e. The zero-order valence-corrected chi connectivity index (χ0v) is 19.7. The van der Waals surface area contributed by atoms with Gasteiger partial charge in [0.2, 0.25) is 0 Å². The van der Waals surface area contributed by atoms with Crippen LogP contribution in [-0.4, -0.2) is 38.1 Å². The average Bonchev–Trinajstić information content (AvgIpc) is 3.27. The molecule has 0 bridgehead atoms. The number of fused-ring (bicyclic) bond motifs is 3. The van der Waals surface area contributed by atoms with Crippen molar-refractivity contribution >= 4 is 0 Å². The first kappa shape index (κ1) is 21.8. The van der Waals surface area contributed by atoms with Gasteiger partial charge in [0, 0.05) is 29.4 Å². The van der Waals surface area contributed by atoms with Gasteiger partial charge in [0.1, 0.15) is 5.75 Å².